The van der Waals surface area contributed by atoms with Crippen LogP contribution in [0.1, 0.15) is 11.1 Å². The molecule has 0 unspecified atom stereocenters. The number of benzene rings is 1. The van der Waals surface area contributed by atoms with Crippen LogP contribution < -0.4 is 5.56 Å². The van der Waals surface area contributed by atoms with Crippen LogP contribution in [0.4, 0.5) is 0 Å². The van der Waals surface area contributed by atoms with Crippen LogP contribution in [0.15, 0.2) is 29.1 Å². The third-order valence-corrected chi connectivity index (χ3v) is 2.60. The summed E-state index contributed by atoms with van der Waals surface area (Å²) in [6, 6.07) is 7.75. The van der Waals surface area contributed by atoms with Gasteiger partial charge in [-0.05, 0) is 23.9 Å². The van der Waals surface area contributed by atoms with Crippen LogP contribution in [-0.4, -0.2) is 4.98 Å². The second-order valence-corrected chi connectivity index (χ2v) is 3.56. The van der Waals surface area contributed by atoms with E-state index < -0.39 is 0 Å². The van der Waals surface area contributed by atoms with Gasteiger partial charge in [0.05, 0.1) is 11.4 Å². The van der Waals surface area contributed by atoms with Gasteiger partial charge < -0.3 is 4.98 Å². The summed E-state index contributed by atoms with van der Waals surface area (Å²) in [5.74, 6) is 0.249. The Balaban J connectivity index is 2.86. The number of fused-ring (bicyclic) bond motifs is 1. The number of aromatic amines is 1. The number of rotatable bonds is 1. The lowest BCUT2D eigenvalue weighted by atomic mass is 10.1. The number of pyridine rings is 1. The van der Waals surface area contributed by atoms with E-state index >= 15 is 0 Å². The van der Waals surface area contributed by atoms with E-state index in [1.165, 1.54) is 0 Å². The predicted molar refractivity (Wildman–Crippen MR) is 58.9 cm³/mol. The molecule has 0 aliphatic rings. The molecular formula is C11H10ClNO. The van der Waals surface area contributed by atoms with Gasteiger partial charge in [0.15, 0.2) is 0 Å². The van der Waals surface area contributed by atoms with Gasteiger partial charge in [-0.3, -0.25) is 4.79 Å². The van der Waals surface area contributed by atoms with Gasteiger partial charge in [0.1, 0.15) is 0 Å². The summed E-state index contributed by atoms with van der Waals surface area (Å²) in [5, 5.41) is 1.03. The minimum atomic E-state index is -0.0956. The highest BCUT2D eigenvalue weighted by molar-refractivity contribution is 6.17. The van der Waals surface area contributed by atoms with Crippen LogP contribution in [0, 0.1) is 6.92 Å². The van der Waals surface area contributed by atoms with Crippen molar-refractivity contribution in [2.24, 2.45) is 0 Å². The van der Waals surface area contributed by atoms with Gasteiger partial charge >= 0.3 is 0 Å². The molecule has 0 atom stereocenters. The van der Waals surface area contributed by atoms with E-state index in [0.717, 1.165) is 16.5 Å². The first-order chi connectivity index (χ1) is 6.72. The second kappa shape index (κ2) is 3.46. The summed E-state index contributed by atoms with van der Waals surface area (Å²) in [6.07, 6.45) is 0. The molecule has 2 rings (SSSR count). The zero-order chi connectivity index (χ0) is 10.1. The average Bonchev–Trinajstić information content (AvgIpc) is 2.19. The Morgan fingerprint density at radius 3 is 2.93 bits per heavy atom. The van der Waals surface area contributed by atoms with E-state index in [4.69, 9.17) is 11.6 Å². The minimum Gasteiger partial charge on any atom is -0.321 e. The Morgan fingerprint density at radius 2 is 2.21 bits per heavy atom. The molecule has 0 amide bonds. The van der Waals surface area contributed by atoms with Crippen LogP contribution in [0.25, 0.3) is 10.9 Å². The highest BCUT2D eigenvalue weighted by Gasteiger charge is 2.02. The molecule has 1 aromatic heterocycles. The first-order valence-corrected chi connectivity index (χ1v) is 4.93. The van der Waals surface area contributed by atoms with Gasteiger partial charge in [-0.15, -0.1) is 11.6 Å². The minimum absolute atomic E-state index is 0.0956. The largest absolute Gasteiger partial charge is 0.321 e. The van der Waals surface area contributed by atoms with E-state index in [0.29, 0.717) is 5.56 Å². The number of hydrogen-bond acceptors (Lipinski definition) is 1. The van der Waals surface area contributed by atoms with Crippen molar-refractivity contribution in [3.05, 3.63) is 45.7 Å². The predicted octanol–water partition coefficient (Wildman–Crippen LogP) is 2.58. The first kappa shape index (κ1) is 9.28. The monoisotopic (exact) mass is 207 g/mol. The van der Waals surface area contributed by atoms with Crippen LogP contribution in [0.5, 0.6) is 0 Å². The number of aromatic nitrogens is 1. The van der Waals surface area contributed by atoms with Crippen LogP contribution >= 0.6 is 11.6 Å². The SMILES string of the molecule is Cc1cccc2cc(CCl)c(=O)[nH]c12. The smallest absolute Gasteiger partial charge is 0.252 e. The van der Waals surface area contributed by atoms with Crippen molar-refractivity contribution < 1.29 is 0 Å². The lowest BCUT2D eigenvalue weighted by molar-refractivity contribution is 1.20. The molecule has 2 aromatic rings. The standard InChI is InChI=1S/C11H10ClNO/c1-7-3-2-4-8-5-9(6-12)11(14)13-10(7)8/h2-5H,6H2,1H3,(H,13,14). The maximum absolute atomic E-state index is 11.5. The summed E-state index contributed by atoms with van der Waals surface area (Å²) in [7, 11) is 0. The third-order valence-electron chi connectivity index (χ3n) is 2.31. The van der Waals surface area contributed by atoms with E-state index in [9.17, 15) is 4.79 Å². The maximum Gasteiger partial charge on any atom is 0.252 e. The molecule has 14 heavy (non-hydrogen) atoms. The zero-order valence-corrected chi connectivity index (χ0v) is 8.56. The molecule has 0 saturated heterocycles. The van der Waals surface area contributed by atoms with Gasteiger partial charge in [0.25, 0.3) is 5.56 Å². The zero-order valence-electron chi connectivity index (χ0n) is 7.80. The quantitative estimate of drug-likeness (QED) is 0.717. The van der Waals surface area contributed by atoms with E-state index in [2.05, 4.69) is 4.98 Å². The van der Waals surface area contributed by atoms with Crippen LogP contribution in [-0.2, 0) is 5.88 Å². The van der Waals surface area contributed by atoms with Gasteiger partial charge in [-0.2, -0.15) is 0 Å². The second-order valence-electron chi connectivity index (χ2n) is 3.30. The molecule has 1 N–H and O–H groups in total. The van der Waals surface area contributed by atoms with Crippen molar-refractivity contribution in [1.29, 1.82) is 0 Å². The van der Waals surface area contributed by atoms with Crippen molar-refractivity contribution in [3.8, 4) is 0 Å². The third kappa shape index (κ3) is 1.42. The number of H-pyrrole nitrogens is 1. The molecule has 0 aliphatic carbocycles. The van der Waals surface area contributed by atoms with E-state index in [1.807, 2.05) is 31.2 Å². The molecular weight excluding hydrogens is 198 g/mol. The molecule has 72 valence electrons. The molecule has 2 nitrogen and oxygen atoms in total. The Labute approximate surface area is 86.5 Å². The molecule has 0 saturated carbocycles. The molecule has 1 aromatic carbocycles. The highest BCUT2D eigenvalue weighted by Crippen LogP contribution is 2.15. The number of aryl methyl sites for hydroxylation is 1. The summed E-state index contributed by atoms with van der Waals surface area (Å²) >= 11 is 5.65. The van der Waals surface area contributed by atoms with Crippen LogP contribution in [0.2, 0.25) is 0 Å². The summed E-state index contributed by atoms with van der Waals surface area (Å²) in [6.45, 7) is 1.97. The van der Waals surface area contributed by atoms with E-state index in [1.54, 1.807) is 0 Å². The fourth-order valence-corrected chi connectivity index (χ4v) is 1.73. The van der Waals surface area contributed by atoms with Crippen LogP contribution in [0.3, 0.4) is 0 Å². The number of hydrogen-bond donors (Lipinski definition) is 1. The summed E-state index contributed by atoms with van der Waals surface area (Å²) < 4.78 is 0. The average molecular weight is 208 g/mol. The lowest BCUT2D eigenvalue weighted by Crippen LogP contribution is -2.11. The first-order valence-electron chi connectivity index (χ1n) is 4.40. The molecule has 0 bridgehead atoms. The fourth-order valence-electron chi connectivity index (χ4n) is 1.53. The Bertz CT molecular complexity index is 530. The number of halogens is 1. The normalized spacial score (nSPS) is 10.7. The fraction of sp³-hybridized carbons (Fsp3) is 0.182. The highest BCUT2D eigenvalue weighted by atomic mass is 35.5. The molecule has 0 radical (unpaired) electrons. The topological polar surface area (TPSA) is 32.9 Å². The summed E-state index contributed by atoms with van der Waals surface area (Å²) in [4.78, 5) is 14.3. The maximum atomic E-state index is 11.5. The Kier molecular flexibility index (Phi) is 2.30. The number of nitrogens with one attached hydrogen (secondary N) is 1. The van der Waals surface area contributed by atoms with Gasteiger partial charge in [0, 0.05) is 5.56 Å². The Morgan fingerprint density at radius 1 is 1.43 bits per heavy atom. The Hall–Kier alpha value is -1.28. The van der Waals surface area contributed by atoms with Crippen molar-refractivity contribution in [2.45, 2.75) is 12.8 Å². The number of alkyl halides is 1. The van der Waals surface area contributed by atoms with Gasteiger partial charge in [-0.1, -0.05) is 18.2 Å². The van der Waals surface area contributed by atoms with Crippen molar-refractivity contribution >= 4 is 22.5 Å². The lowest BCUT2D eigenvalue weighted by Gasteiger charge is -2.02. The molecule has 3 heteroatoms. The van der Waals surface area contributed by atoms with Gasteiger partial charge in [0.2, 0.25) is 0 Å². The van der Waals surface area contributed by atoms with E-state index in [-0.39, 0.29) is 11.4 Å². The molecule has 0 aliphatic heterocycles. The molecule has 1 heterocycles. The molecule has 0 spiro atoms. The van der Waals surface area contributed by atoms with Crippen molar-refractivity contribution in [2.75, 3.05) is 0 Å². The van der Waals surface area contributed by atoms with Gasteiger partial charge in [-0.25, -0.2) is 0 Å². The van der Waals surface area contributed by atoms with Crippen molar-refractivity contribution in [1.82, 2.24) is 4.98 Å². The van der Waals surface area contributed by atoms with Crippen molar-refractivity contribution in [3.63, 3.8) is 0 Å². The summed E-state index contributed by atoms with van der Waals surface area (Å²) in [5.41, 5.74) is 2.48. The number of para-hydroxylation sites is 1. The molecule has 0 fully saturated rings.